The van der Waals surface area contributed by atoms with Crippen molar-refractivity contribution in [3.05, 3.63) is 77.1 Å². The number of unbranched alkanes of at least 4 members (excludes halogenated alkanes) is 1. The van der Waals surface area contributed by atoms with Crippen LogP contribution in [0.1, 0.15) is 56.1 Å². The molecule has 5 N–H and O–H groups in total. The predicted octanol–water partition coefficient (Wildman–Crippen LogP) is 4.34. The van der Waals surface area contributed by atoms with Gasteiger partial charge in [0.1, 0.15) is 18.0 Å². The summed E-state index contributed by atoms with van der Waals surface area (Å²) in [6.07, 6.45) is 4.26. The zero-order chi connectivity index (χ0) is 37.4. The van der Waals surface area contributed by atoms with Crippen LogP contribution in [0.15, 0.2) is 65.8 Å². The summed E-state index contributed by atoms with van der Waals surface area (Å²) in [5.41, 5.74) is 3.63. The van der Waals surface area contributed by atoms with E-state index in [0.29, 0.717) is 44.2 Å². The molecule has 3 atom stereocenters. The van der Waals surface area contributed by atoms with Crippen LogP contribution < -0.4 is 10.1 Å². The second-order valence-corrected chi connectivity index (χ2v) is 15.5. The number of carbonyl (C=O) groups excluding carboxylic acids is 2. The van der Waals surface area contributed by atoms with Crippen LogP contribution in [-0.4, -0.2) is 117 Å². The maximum atomic E-state index is 13.1. The van der Waals surface area contributed by atoms with Crippen LogP contribution in [0.3, 0.4) is 0 Å². The fraction of sp³-hybridized carbons (Fsp3) is 0.513. The lowest BCUT2D eigenvalue weighted by Crippen LogP contribution is -2.45. The summed E-state index contributed by atoms with van der Waals surface area (Å²) in [6.45, 7) is 1.72. The number of urea groups is 1. The molecule has 3 fully saturated rings. The molecule has 286 valence electrons. The lowest BCUT2D eigenvalue weighted by atomic mass is 9.96. The summed E-state index contributed by atoms with van der Waals surface area (Å²) in [5, 5.41) is 42.5. The van der Waals surface area contributed by atoms with Crippen molar-refractivity contribution in [2.75, 3.05) is 45.1 Å². The molecule has 2 aromatic carbocycles. The topological polar surface area (TPSA) is 165 Å². The van der Waals surface area contributed by atoms with Gasteiger partial charge >= 0.3 is 6.03 Å². The maximum Gasteiger partial charge on any atom is 0.317 e. The number of carbonyl (C=O) groups is 2. The minimum atomic E-state index is -1.65. The summed E-state index contributed by atoms with van der Waals surface area (Å²) in [6, 6.07) is 16.0. The quantitative estimate of drug-likeness (QED) is 0.0778. The fourth-order valence-electron chi connectivity index (χ4n) is 6.44. The Bertz CT molecular complexity index is 1710. The Morgan fingerprint density at radius 2 is 1.89 bits per heavy atom. The number of pyridine rings is 1. The molecule has 1 aromatic heterocycles. The first kappa shape index (κ1) is 39.3. The lowest BCUT2D eigenvalue weighted by Gasteiger charge is -2.28. The third-order valence-electron chi connectivity index (χ3n) is 9.92. The number of para-hydroxylation sites is 1. The molecule has 6 rings (SSSR count). The Hall–Kier alpha value is -3.43. The molecule has 3 amide bonds. The maximum absolute atomic E-state index is 13.1. The van der Waals surface area contributed by atoms with Gasteiger partial charge in [0.2, 0.25) is 5.91 Å². The summed E-state index contributed by atoms with van der Waals surface area (Å²) in [7, 11) is 0. The van der Waals surface area contributed by atoms with Crippen molar-refractivity contribution in [1.82, 2.24) is 20.1 Å². The zero-order valence-corrected chi connectivity index (χ0v) is 31.3. The van der Waals surface area contributed by atoms with Gasteiger partial charge in [-0.1, -0.05) is 29.8 Å². The van der Waals surface area contributed by atoms with Crippen molar-refractivity contribution < 1.29 is 39.5 Å². The summed E-state index contributed by atoms with van der Waals surface area (Å²) in [5.74, 6) is 1.27. The standard InChI is InChI=1S/C39H49ClN4O8S/c40-32-10-9-28(53-20-4-3-16-43(18-19-44-17-15-42-38(44)50)36(48)22-33(46)37(49)34(47)24-45)21-26(32)25-51-39(12-13-39)31-23-41-14-11-29(31)30-5-1-2-6-35(30)52-27-7-8-27/h1-2,5-6,9-11,14,21,23,27,33-34,37,45-47,49H,3-4,7-8,12-13,15-20,22,24-25H2,(H,42,50). The molecule has 2 aliphatic carbocycles. The van der Waals surface area contributed by atoms with E-state index >= 15 is 0 Å². The Morgan fingerprint density at radius 3 is 2.62 bits per heavy atom. The Balaban J connectivity index is 1.02. The summed E-state index contributed by atoms with van der Waals surface area (Å²) < 4.78 is 12.9. The number of aromatic nitrogens is 1. The number of benzene rings is 2. The van der Waals surface area contributed by atoms with Crippen LogP contribution in [0.5, 0.6) is 5.75 Å². The minimum absolute atomic E-state index is 0.183. The van der Waals surface area contributed by atoms with Crippen LogP contribution in [0.25, 0.3) is 11.1 Å². The Kier molecular flexibility index (Phi) is 13.5. The van der Waals surface area contributed by atoms with Gasteiger partial charge < -0.3 is 45.0 Å². The van der Waals surface area contributed by atoms with Gasteiger partial charge in [0.25, 0.3) is 0 Å². The van der Waals surface area contributed by atoms with E-state index in [4.69, 9.17) is 26.2 Å². The molecule has 14 heteroatoms. The number of hydrogen-bond donors (Lipinski definition) is 5. The van der Waals surface area contributed by atoms with Crippen molar-refractivity contribution in [2.45, 2.75) is 86.5 Å². The highest BCUT2D eigenvalue weighted by molar-refractivity contribution is 7.99. The third-order valence-corrected chi connectivity index (χ3v) is 11.4. The second-order valence-electron chi connectivity index (χ2n) is 13.9. The van der Waals surface area contributed by atoms with Crippen LogP contribution >= 0.6 is 23.4 Å². The van der Waals surface area contributed by atoms with Gasteiger partial charge in [0, 0.05) is 66.2 Å². The number of amides is 3. The lowest BCUT2D eigenvalue weighted by molar-refractivity contribution is -0.138. The monoisotopic (exact) mass is 768 g/mol. The molecule has 3 aromatic rings. The number of nitrogens with one attached hydrogen (secondary N) is 1. The van der Waals surface area contributed by atoms with E-state index in [0.717, 1.165) is 70.8 Å². The van der Waals surface area contributed by atoms with Gasteiger partial charge in [-0.2, -0.15) is 0 Å². The highest BCUT2D eigenvalue weighted by Gasteiger charge is 2.48. The number of thioether (sulfide) groups is 1. The number of ether oxygens (including phenoxy) is 2. The Morgan fingerprint density at radius 1 is 1.08 bits per heavy atom. The van der Waals surface area contributed by atoms with Crippen LogP contribution in [0.2, 0.25) is 5.02 Å². The molecule has 12 nitrogen and oxygen atoms in total. The number of rotatable bonds is 21. The predicted molar refractivity (Wildman–Crippen MR) is 202 cm³/mol. The van der Waals surface area contributed by atoms with Gasteiger partial charge in [-0.15, -0.1) is 11.8 Å². The van der Waals surface area contributed by atoms with E-state index < -0.39 is 42.8 Å². The molecule has 1 aliphatic heterocycles. The molecular weight excluding hydrogens is 720 g/mol. The first-order valence-corrected chi connectivity index (χ1v) is 19.7. The molecule has 0 radical (unpaired) electrons. The molecular formula is C39H49ClN4O8S. The van der Waals surface area contributed by atoms with E-state index in [-0.39, 0.29) is 18.7 Å². The molecule has 2 heterocycles. The summed E-state index contributed by atoms with van der Waals surface area (Å²) >= 11 is 8.35. The average molecular weight is 769 g/mol. The van der Waals surface area contributed by atoms with E-state index in [1.165, 1.54) is 0 Å². The Labute approximate surface area is 319 Å². The number of nitrogens with zero attached hydrogens (tertiary/aromatic N) is 3. The van der Waals surface area contributed by atoms with Crippen molar-refractivity contribution in [2.24, 2.45) is 0 Å². The van der Waals surface area contributed by atoms with Gasteiger partial charge in [-0.3, -0.25) is 9.78 Å². The van der Waals surface area contributed by atoms with Crippen molar-refractivity contribution in [3.63, 3.8) is 0 Å². The van der Waals surface area contributed by atoms with E-state index in [9.17, 15) is 24.9 Å². The molecule has 53 heavy (non-hydrogen) atoms. The van der Waals surface area contributed by atoms with Gasteiger partial charge in [0.15, 0.2) is 0 Å². The first-order valence-electron chi connectivity index (χ1n) is 18.4. The van der Waals surface area contributed by atoms with Crippen LogP contribution in [0, 0.1) is 0 Å². The smallest absolute Gasteiger partial charge is 0.317 e. The van der Waals surface area contributed by atoms with E-state index in [2.05, 4.69) is 22.4 Å². The highest BCUT2D eigenvalue weighted by Crippen LogP contribution is 2.53. The minimum Gasteiger partial charge on any atom is -0.490 e. The average Bonchev–Trinajstić information content (AvgIpc) is 4.11. The van der Waals surface area contributed by atoms with Gasteiger partial charge in [-0.25, -0.2) is 4.79 Å². The molecule has 3 unspecified atom stereocenters. The SMILES string of the molecule is O=C(CC(O)C(O)C(O)CO)N(CCCCSc1ccc(Cl)c(COC2(c3cnccc3-c3ccccc3OC3CC3)CC2)c1)CCN1CCNC1=O. The zero-order valence-electron chi connectivity index (χ0n) is 29.7. The van der Waals surface area contributed by atoms with Crippen molar-refractivity contribution in [3.8, 4) is 16.9 Å². The molecule has 0 bridgehead atoms. The molecule has 0 spiro atoms. The summed E-state index contributed by atoms with van der Waals surface area (Å²) in [4.78, 5) is 33.9. The molecule has 2 saturated carbocycles. The number of aliphatic hydroxyl groups excluding tert-OH is 4. The van der Waals surface area contributed by atoms with Crippen LogP contribution in [-0.2, 0) is 21.7 Å². The van der Waals surface area contributed by atoms with E-state index in [1.807, 2.05) is 48.8 Å². The van der Waals surface area contributed by atoms with Gasteiger partial charge in [-0.05, 0) is 85.7 Å². The first-order chi connectivity index (χ1) is 25.7. The molecule has 1 saturated heterocycles. The molecule has 3 aliphatic rings. The van der Waals surface area contributed by atoms with Gasteiger partial charge in [0.05, 0.1) is 37.4 Å². The third kappa shape index (κ3) is 10.4. The number of halogens is 1. The van der Waals surface area contributed by atoms with Crippen molar-refractivity contribution >= 4 is 35.3 Å². The highest BCUT2D eigenvalue weighted by atomic mass is 35.5. The fourth-order valence-corrected chi connectivity index (χ4v) is 7.58. The number of hydrogen-bond acceptors (Lipinski definition) is 10. The van der Waals surface area contributed by atoms with Crippen LogP contribution in [0.4, 0.5) is 4.79 Å². The largest absolute Gasteiger partial charge is 0.490 e. The number of aliphatic hydroxyl groups is 4. The second kappa shape index (κ2) is 18.3. The van der Waals surface area contributed by atoms with E-state index in [1.54, 1.807) is 21.6 Å². The normalized spacial score (nSPS) is 18.0. The van der Waals surface area contributed by atoms with Crippen molar-refractivity contribution in [1.29, 1.82) is 0 Å².